The number of benzene rings is 2. The van der Waals surface area contributed by atoms with Crippen molar-refractivity contribution < 1.29 is 13.5 Å². The molecule has 0 spiro atoms. The van der Waals surface area contributed by atoms with E-state index in [1.54, 1.807) is 31.3 Å². The number of methoxy groups -OCH3 is 1. The zero-order valence-electron chi connectivity index (χ0n) is 13.1. The molecular weight excluding hydrogens is 300 g/mol. The van der Waals surface area contributed by atoms with Crippen LogP contribution in [-0.2, 0) is 13.1 Å². The summed E-state index contributed by atoms with van der Waals surface area (Å²) in [5.41, 5.74) is 1.71. The lowest BCUT2D eigenvalue weighted by atomic mass is 10.2. The first-order valence-corrected chi connectivity index (χ1v) is 7.13. The molecule has 6 heteroatoms. The number of halogens is 2. The van der Waals surface area contributed by atoms with E-state index in [0.29, 0.717) is 19.0 Å². The van der Waals surface area contributed by atoms with Gasteiger partial charge in [0.2, 0.25) is 0 Å². The van der Waals surface area contributed by atoms with Crippen molar-refractivity contribution in [1.82, 2.24) is 10.6 Å². The van der Waals surface area contributed by atoms with Crippen molar-refractivity contribution in [1.29, 1.82) is 0 Å². The van der Waals surface area contributed by atoms with Crippen LogP contribution in [-0.4, -0.2) is 20.1 Å². The number of guanidine groups is 1. The molecule has 0 unspecified atom stereocenters. The highest BCUT2D eigenvalue weighted by Crippen LogP contribution is 2.17. The van der Waals surface area contributed by atoms with E-state index in [-0.39, 0.29) is 11.6 Å². The molecule has 2 aromatic rings. The lowest BCUT2D eigenvalue weighted by Gasteiger charge is -2.12. The molecule has 2 aromatic carbocycles. The van der Waals surface area contributed by atoms with Crippen molar-refractivity contribution in [3.63, 3.8) is 0 Å². The monoisotopic (exact) mass is 319 g/mol. The summed E-state index contributed by atoms with van der Waals surface area (Å²) in [6.45, 7) is 0.931. The van der Waals surface area contributed by atoms with Crippen molar-refractivity contribution in [2.24, 2.45) is 4.99 Å². The number of aliphatic imine (C=N–C) groups is 1. The van der Waals surface area contributed by atoms with Crippen LogP contribution in [0.1, 0.15) is 11.1 Å². The van der Waals surface area contributed by atoms with E-state index in [0.717, 1.165) is 11.1 Å². The number of nitrogens with one attached hydrogen (secondary N) is 2. The van der Waals surface area contributed by atoms with Crippen molar-refractivity contribution in [2.45, 2.75) is 13.1 Å². The van der Waals surface area contributed by atoms with Gasteiger partial charge in [-0.25, -0.2) is 8.78 Å². The first-order valence-electron chi connectivity index (χ1n) is 7.13. The van der Waals surface area contributed by atoms with Crippen LogP contribution in [0.5, 0.6) is 5.75 Å². The third-order valence-electron chi connectivity index (χ3n) is 3.27. The van der Waals surface area contributed by atoms with Crippen LogP contribution >= 0.6 is 0 Å². The summed E-state index contributed by atoms with van der Waals surface area (Å²) in [6, 6.07) is 11.0. The van der Waals surface area contributed by atoms with Gasteiger partial charge in [0.1, 0.15) is 5.82 Å². The molecule has 4 nitrogen and oxygen atoms in total. The number of rotatable bonds is 5. The molecule has 0 heterocycles. The first kappa shape index (κ1) is 16.7. The van der Waals surface area contributed by atoms with Gasteiger partial charge in [-0.05, 0) is 35.4 Å². The van der Waals surface area contributed by atoms with Crippen molar-refractivity contribution in [3.8, 4) is 5.75 Å². The standard InChI is InChI=1S/C17H19F2N3O/c1-20-17(21-10-12-3-6-14(18)7-4-12)22-11-13-5-8-16(23-2)15(19)9-13/h3-9H,10-11H2,1-2H3,(H2,20,21,22). The number of hydrogen-bond donors (Lipinski definition) is 2. The Morgan fingerprint density at radius 1 is 1.00 bits per heavy atom. The van der Waals surface area contributed by atoms with E-state index in [1.165, 1.54) is 25.3 Å². The van der Waals surface area contributed by atoms with Crippen LogP contribution < -0.4 is 15.4 Å². The summed E-state index contributed by atoms with van der Waals surface area (Å²) in [5.74, 6) is 0.122. The predicted octanol–water partition coefficient (Wildman–Crippen LogP) is 2.84. The van der Waals surface area contributed by atoms with Gasteiger partial charge >= 0.3 is 0 Å². The minimum atomic E-state index is -0.402. The van der Waals surface area contributed by atoms with Gasteiger partial charge in [-0.1, -0.05) is 18.2 Å². The zero-order chi connectivity index (χ0) is 16.7. The Morgan fingerprint density at radius 3 is 2.17 bits per heavy atom. The second kappa shape index (κ2) is 8.12. The van der Waals surface area contributed by atoms with Crippen LogP contribution in [0.15, 0.2) is 47.5 Å². The molecule has 122 valence electrons. The highest BCUT2D eigenvalue weighted by molar-refractivity contribution is 5.79. The molecule has 0 radical (unpaired) electrons. The molecule has 0 amide bonds. The van der Waals surface area contributed by atoms with Crippen LogP contribution in [0.4, 0.5) is 8.78 Å². The van der Waals surface area contributed by atoms with Crippen molar-refractivity contribution in [3.05, 3.63) is 65.2 Å². The van der Waals surface area contributed by atoms with E-state index >= 15 is 0 Å². The average Bonchev–Trinajstić information content (AvgIpc) is 2.56. The van der Waals surface area contributed by atoms with Gasteiger partial charge in [0, 0.05) is 20.1 Å². The smallest absolute Gasteiger partial charge is 0.191 e. The molecule has 0 saturated heterocycles. The Balaban J connectivity index is 1.87. The van der Waals surface area contributed by atoms with E-state index in [4.69, 9.17) is 4.74 Å². The summed E-state index contributed by atoms with van der Waals surface area (Å²) in [5, 5.41) is 6.20. The number of hydrogen-bond acceptors (Lipinski definition) is 2. The largest absolute Gasteiger partial charge is 0.494 e. The zero-order valence-corrected chi connectivity index (χ0v) is 13.1. The Morgan fingerprint density at radius 2 is 1.61 bits per heavy atom. The highest BCUT2D eigenvalue weighted by atomic mass is 19.1. The molecule has 0 aliphatic rings. The molecule has 0 aromatic heterocycles. The third-order valence-corrected chi connectivity index (χ3v) is 3.27. The highest BCUT2D eigenvalue weighted by Gasteiger charge is 2.04. The molecule has 0 saturated carbocycles. The minimum absolute atomic E-state index is 0.215. The molecular formula is C17H19F2N3O. The molecule has 2 N–H and O–H groups in total. The normalized spacial score (nSPS) is 11.2. The second-order valence-electron chi connectivity index (χ2n) is 4.87. The third kappa shape index (κ3) is 4.95. The molecule has 0 fully saturated rings. The van der Waals surface area contributed by atoms with Crippen LogP contribution in [0, 0.1) is 11.6 Å². The summed E-state index contributed by atoms with van der Waals surface area (Å²) >= 11 is 0. The fourth-order valence-electron chi connectivity index (χ4n) is 2.01. The predicted molar refractivity (Wildman–Crippen MR) is 86.4 cm³/mol. The Hall–Kier alpha value is -2.63. The Bertz CT molecular complexity index is 672. The van der Waals surface area contributed by atoms with Gasteiger partial charge in [-0.15, -0.1) is 0 Å². The Kier molecular flexibility index (Phi) is 5.91. The van der Waals surface area contributed by atoms with Crippen LogP contribution in [0.25, 0.3) is 0 Å². The van der Waals surface area contributed by atoms with Gasteiger partial charge < -0.3 is 15.4 Å². The minimum Gasteiger partial charge on any atom is -0.494 e. The fraction of sp³-hybridized carbons (Fsp3) is 0.235. The van der Waals surface area contributed by atoms with Gasteiger partial charge in [-0.2, -0.15) is 0 Å². The lowest BCUT2D eigenvalue weighted by Crippen LogP contribution is -2.36. The quantitative estimate of drug-likeness (QED) is 0.658. The van der Waals surface area contributed by atoms with E-state index < -0.39 is 5.82 Å². The fourth-order valence-corrected chi connectivity index (χ4v) is 2.01. The van der Waals surface area contributed by atoms with Gasteiger partial charge in [0.15, 0.2) is 17.5 Å². The SMILES string of the molecule is CN=C(NCc1ccc(F)cc1)NCc1ccc(OC)c(F)c1. The van der Waals surface area contributed by atoms with Crippen LogP contribution in [0.2, 0.25) is 0 Å². The average molecular weight is 319 g/mol. The van der Waals surface area contributed by atoms with E-state index in [9.17, 15) is 8.78 Å². The maximum atomic E-state index is 13.6. The maximum Gasteiger partial charge on any atom is 0.191 e. The van der Waals surface area contributed by atoms with Crippen LogP contribution in [0.3, 0.4) is 0 Å². The van der Waals surface area contributed by atoms with Gasteiger partial charge in [0.05, 0.1) is 7.11 Å². The summed E-state index contributed by atoms with van der Waals surface area (Å²) in [4.78, 5) is 4.09. The van der Waals surface area contributed by atoms with Gasteiger partial charge in [-0.3, -0.25) is 4.99 Å². The van der Waals surface area contributed by atoms with Crippen molar-refractivity contribution in [2.75, 3.05) is 14.2 Å². The topological polar surface area (TPSA) is 45.7 Å². The Labute approximate surface area is 134 Å². The molecule has 0 bridgehead atoms. The van der Waals surface area contributed by atoms with Gasteiger partial charge in [0.25, 0.3) is 0 Å². The lowest BCUT2D eigenvalue weighted by molar-refractivity contribution is 0.386. The van der Waals surface area contributed by atoms with E-state index in [2.05, 4.69) is 15.6 Å². The van der Waals surface area contributed by atoms with Crippen molar-refractivity contribution >= 4 is 5.96 Å². The maximum absolute atomic E-state index is 13.6. The summed E-state index contributed by atoms with van der Waals surface area (Å²) in [6.07, 6.45) is 0. The molecule has 2 rings (SSSR count). The summed E-state index contributed by atoms with van der Waals surface area (Å²) in [7, 11) is 3.08. The number of ether oxygens (including phenoxy) is 1. The molecule has 0 atom stereocenters. The number of nitrogens with zero attached hydrogens (tertiary/aromatic N) is 1. The molecule has 23 heavy (non-hydrogen) atoms. The summed E-state index contributed by atoms with van der Waals surface area (Å²) < 4.78 is 31.4. The first-order chi connectivity index (χ1) is 11.1. The molecule has 0 aliphatic heterocycles. The molecule has 0 aliphatic carbocycles. The second-order valence-corrected chi connectivity index (χ2v) is 4.87. The van der Waals surface area contributed by atoms with E-state index in [1.807, 2.05) is 0 Å².